The Morgan fingerprint density at radius 2 is 1.03 bits per heavy atom. The van der Waals surface area contributed by atoms with Crippen molar-refractivity contribution in [2.24, 2.45) is 58.7 Å². The normalized spacial score (nSPS) is 46.8. The number of rotatable bonds is 3. The average molecular weight is 455 g/mol. The molecule has 5 aliphatic carbocycles. The third-order valence-corrected chi connectivity index (χ3v) is 12.5. The molecular weight excluding hydrogens is 396 g/mol. The highest BCUT2D eigenvalue weighted by Crippen LogP contribution is 2.54. The Morgan fingerprint density at radius 1 is 0.485 bits per heavy atom. The van der Waals surface area contributed by atoms with Crippen LogP contribution >= 0.6 is 0 Å². The van der Waals surface area contributed by atoms with Gasteiger partial charge in [0.2, 0.25) is 0 Å². The van der Waals surface area contributed by atoms with E-state index in [4.69, 9.17) is 0 Å². The molecule has 9 unspecified atom stereocenters. The molecule has 190 valence electrons. The molecule has 5 aliphatic rings. The van der Waals surface area contributed by atoms with Crippen molar-refractivity contribution >= 4 is 0 Å². The second-order valence-corrected chi connectivity index (χ2v) is 14.8. The van der Waals surface area contributed by atoms with Crippen LogP contribution in [-0.4, -0.2) is 0 Å². The van der Waals surface area contributed by atoms with Gasteiger partial charge in [-0.15, -0.1) is 0 Å². The quantitative estimate of drug-likeness (QED) is 0.398. The molecule has 0 aliphatic heterocycles. The molecule has 0 aromatic heterocycles. The largest absolute Gasteiger partial charge is 0.0651 e. The summed E-state index contributed by atoms with van der Waals surface area (Å²) in [6, 6.07) is 0. The van der Waals surface area contributed by atoms with Crippen LogP contribution in [0.4, 0.5) is 0 Å². The molecular formula is C33H58. The van der Waals surface area contributed by atoms with Crippen LogP contribution < -0.4 is 0 Å². The molecule has 0 aromatic carbocycles. The lowest BCUT2D eigenvalue weighted by Gasteiger charge is -2.48. The predicted molar refractivity (Wildman–Crippen MR) is 143 cm³/mol. The molecule has 0 heterocycles. The molecule has 5 fully saturated rings. The van der Waals surface area contributed by atoms with Crippen LogP contribution in [0.3, 0.4) is 0 Å². The first-order valence-corrected chi connectivity index (χ1v) is 16.0. The highest BCUT2D eigenvalue weighted by molar-refractivity contribution is 4.94. The summed E-state index contributed by atoms with van der Waals surface area (Å²) in [6.07, 6.45) is 31.2. The van der Waals surface area contributed by atoms with Crippen LogP contribution in [-0.2, 0) is 0 Å². The Kier molecular flexibility index (Phi) is 8.19. The monoisotopic (exact) mass is 454 g/mol. The minimum absolute atomic E-state index is 0.586. The van der Waals surface area contributed by atoms with E-state index in [1.54, 1.807) is 83.5 Å². The van der Waals surface area contributed by atoms with Crippen molar-refractivity contribution in [3.05, 3.63) is 0 Å². The molecule has 0 amide bonds. The van der Waals surface area contributed by atoms with E-state index >= 15 is 0 Å². The highest BCUT2D eigenvalue weighted by Gasteiger charge is 2.44. The summed E-state index contributed by atoms with van der Waals surface area (Å²) in [5.74, 6) is 9.80. The second kappa shape index (κ2) is 10.9. The number of fused-ring (bicyclic) bond motifs is 3. The van der Waals surface area contributed by atoms with Gasteiger partial charge in [-0.3, -0.25) is 0 Å². The van der Waals surface area contributed by atoms with Gasteiger partial charge in [0.15, 0.2) is 0 Å². The van der Waals surface area contributed by atoms with Gasteiger partial charge in [0.1, 0.15) is 0 Å². The first kappa shape index (κ1) is 24.7. The summed E-state index contributed by atoms with van der Waals surface area (Å²) in [5.41, 5.74) is 0.586. The van der Waals surface area contributed by atoms with Crippen LogP contribution in [0.15, 0.2) is 0 Å². The molecule has 0 spiro atoms. The summed E-state index contributed by atoms with van der Waals surface area (Å²) < 4.78 is 0. The van der Waals surface area contributed by atoms with Gasteiger partial charge in [-0.1, -0.05) is 78.6 Å². The third kappa shape index (κ3) is 5.71. The predicted octanol–water partition coefficient (Wildman–Crippen LogP) is 10.4. The topological polar surface area (TPSA) is 0 Å². The van der Waals surface area contributed by atoms with Gasteiger partial charge in [0.25, 0.3) is 0 Å². The number of hydrogen-bond donors (Lipinski definition) is 0. The first-order valence-electron chi connectivity index (χ1n) is 16.0. The van der Waals surface area contributed by atoms with Crippen LogP contribution in [0.25, 0.3) is 0 Å². The minimum Gasteiger partial charge on any atom is -0.0651 e. The molecule has 0 bridgehead atoms. The maximum atomic E-state index is 2.61. The molecule has 0 N–H and O–H groups in total. The Labute approximate surface area is 207 Å². The molecule has 0 nitrogen and oxygen atoms in total. The van der Waals surface area contributed by atoms with Crippen LogP contribution in [0.5, 0.6) is 0 Å². The van der Waals surface area contributed by atoms with Crippen molar-refractivity contribution < 1.29 is 0 Å². The Morgan fingerprint density at radius 3 is 1.82 bits per heavy atom. The van der Waals surface area contributed by atoms with Gasteiger partial charge in [-0.2, -0.15) is 0 Å². The zero-order valence-corrected chi connectivity index (χ0v) is 22.8. The lowest BCUT2D eigenvalue weighted by atomic mass is 9.57. The second-order valence-electron chi connectivity index (χ2n) is 14.8. The van der Waals surface area contributed by atoms with E-state index in [0.29, 0.717) is 5.41 Å². The van der Waals surface area contributed by atoms with E-state index in [1.165, 1.54) is 44.9 Å². The van der Waals surface area contributed by atoms with E-state index in [9.17, 15) is 0 Å². The Hall–Kier alpha value is 0. The lowest BCUT2D eigenvalue weighted by molar-refractivity contribution is 0.0188. The summed E-state index contributed by atoms with van der Waals surface area (Å²) in [6.45, 7) is 7.71. The van der Waals surface area contributed by atoms with Crippen molar-refractivity contribution in [1.29, 1.82) is 0 Å². The fourth-order valence-corrected chi connectivity index (χ4v) is 10.6. The SMILES string of the molecule is CCC1CCCCC1C1CCC(C2CCCC(C)(C)CCC3C(CCC4CCCCC43)C2)C1. The van der Waals surface area contributed by atoms with Crippen molar-refractivity contribution in [3.8, 4) is 0 Å². The highest BCUT2D eigenvalue weighted by atomic mass is 14.5. The van der Waals surface area contributed by atoms with E-state index < -0.39 is 0 Å². The summed E-state index contributed by atoms with van der Waals surface area (Å²) in [5, 5.41) is 0. The molecule has 0 saturated heterocycles. The fourth-order valence-electron chi connectivity index (χ4n) is 10.6. The summed E-state index contributed by atoms with van der Waals surface area (Å²) in [7, 11) is 0. The van der Waals surface area contributed by atoms with E-state index in [1.807, 2.05) is 0 Å². The van der Waals surface area contributed by atoms with E-state index in [2.05, 4.69) is 20.8 Å². The van der Waals surface area contributed by atoms with E-state index in [-0.39, 0.29) is 0 Å². The average Bonchev–Trinajstić information content (AvgIpc) is 3.32. The molecule has 9 atom stereocenters. The molecule has 5 saturated carbocycles. The Balaban J connectivity index is 1.29. The number of hydrogen-bond acceptors (Lipinski definition) is 0. The molecule has 33 heavy (non-hydrogen) atoms. The smallest absolute Gasteiger partial charge is 0.0354 e. The standard InChI is InChI=1S/C33H58/c1-4-24-10-5-7-13-30(24)28-18-16-27(23-28)26-12-9-20-33(2,3)21-19-32-29(22-26)17-15-25-11-6-8-14-31(25)32/h24-32H,4-23H2,1-3H3. The minimum atomic E-state index is 0.586. The zero-order chi connectivity index (χ0) is 22.8. The van der Waals surface area contributed by atoms with Gasteiger partial charge in [-0.05, 0) is 129 Å². The molecule has 5 rings (SSSR count). The maximum Gasteiger partial charge on any atom is -0.0354 e. The van der Waals surface area contributed by atoms with Gasteiger partial charge in [0.05, 0.1) is 0 Å². The van der Waals surface area contributed by atoms with Gasteiger partial charge in [-0.25, -0.2) is 0 Å². The van der Waals surface area contributed by atoms with E-state index in [0.717, 1.165) is 53.3 Å². The van der Waals surface area contributed by atoms with Crippen molar-refractivity contribution in [2.75, 3.05) is 0 Å². The fraction of sp³-hybridized carbons (Fsp3) is 1.00. The van der Waals surface area contributed by atoms with Crippen LogP contribution in [0.2, 0.25) is 0 Å². The summed E-state index contributed by atoms with van der Waals surface area (Å²) >= 11 is 0. The molecule has 0 heteroatoms. The van der Waals surface area contributed by atoms with Crippen molar-refractivity contribution in [3.63, 3.8) is 0 Å². The zero-order valence-electron chi connectivity index (χ0n) is 22.8. The molecule has 0 radical (unpaired) electrons. The van der Waals surface area contributed by atoms with Gasteiger partial charge < -0.3 is 0 Å². The maximum absolute atomic E-state index is 2.61. The van der Waals surface area contributed by atoms with Gasteiger partial charge in [0, 0.05) is 0 Å². The van der Waals surface area contributed by atoms with Gasteiger partial charge >= 0.3 is 0 Å². The Bertz CT molecular complexity index is 603. The summed E-state index contributed by atoms with van der Waals surface area (Å²) in [4.78, 5) is 0. The van der Waals surface area contributed by atoms with Crippen molar-refractivity contribution in [2.45, 2.75) is 149 Å². The third-order valence-electron chi connectivity index (χ3n) is 12.5. The molecule has 0 aromatic rings. The van der Waals surface area contributed by atoms with Crippen LogP contribution in [0.1, 0.15) is 149 Å². The van der Waals surface area contributed by atoms with Crippen molar-refractivity contribution in [1.82, 2.24) is 0 Å². The van der Waals surface area contributed by atoms with Crippen LogP contribution in [0, 0.1) is 58.7 Å². The first-order chi connectivity index (χ1) is 16.0. The lowest BCUT2D eigenvalue weighted by Crippen LogP contribution is -2.39.